The highest BCUT2D eigenvalue weighted by Crippen LogP contribution is 2.18. The van der Waals surface area contributed by atoms with E-state index in [9.17, 15) is 23.9 Å². The molecule has 3 aromatic rings. The Hall–Kier alpha value is -4.37. The fourth-order valence-electron chi connectivity index (χ4n) is 3.79. The number of aliphatic imine (C=N–C) groups is 1. The number of aromatic hydroxyl groups is 1. The smallest absolute Gasteiger partial charge is 0.339 e. The van der Waals surface area contributed by atoms with Crippen LogP contribution in [0.15, 0.2) is 76.4 Å². The summed E-state index contributed by atoms with van der Waals surface area (Å²) in [5.74, 6) is -2.47. The average molecular weight is 635 g/mol. The Kier molecular flexibility index (Phi) is 12.6. The highest BCUT2D eigenvalue weighted by molar-refractivity contribution is 7.11. The molecule has 1 saturated heterocycles. The predicted molar refractivity (Wildman–Crippen MR) is 156 cm³/mol. The minimum absolute atomic E-state index is 0.0671. The van der Waals surface area contributed by atoms with Crippen LogP contribution in [0.5, 0.6) is 5.75 Å². The van der Waals surface area contributed by atoms with Gasteiger partial charge in [-0.25, -0.2) is 19.0 Å². The summed E-state index contributed by atoms with van der Waals surface area (Å²) in [4.78, 5) is 44.1. The summed E-state index contributed by atoms with van der Waals surface area (Å²) in [6.45, 7) is 1.43. The number of amidine groups is 1. The molecule has 0 spiro atoms. The molecule has 0 bridgehead atoms. The van der Waals surface area contributed by atoms with E-state index >= 15 is 0 Å². The van der Waals surface area contributed by atoms with E-state index in [4.69, 9.17) is 31.3 Å². The number of aromatic carboxylic acids is 1. The highest BCUT2D eigenvalue weighted by atomic mass is 35.5. The van der Waals surface area contributed by atoms with Crippen LogP contribution < -0.4 is 5.32 Å². The maximum absolute atomic E-state index is 12.1. The fraction of sp³-hybridized carbons (Fsp3) is 0.250. The lowest BCUT2D eigenvalue weighted by Crippen LogP contribution is -2.52. The lowest BCUT2D eigenvalue weighted by atomic mass is 10.1. The molecule has 2 aliphatic rings. The van der Waals surface area contributed by atoms with Crippen LogP contribution in [0.25, 0.3) is 0 Å². The number of aromatic nitrogens is 1. The number of morpholine rings is 1. The molecule has 0 saturated carbocycles. The Balaban J connectivity index is 0.000000229. The first-order chi connectivity index (χ1) is 20.6. The van der Waals surface area contributed by atoms with Gasteiger partial charge < -0.3 is 30.1 Å². The topological polar surface area (TPSA) is 171 Å². The zero-order chi connectivity index (χ0) is 31.4. The Labute approximate surface area is 254 Å². The third-order valence-electron chi connectivity index (χ3n) is 5.90. The summed E-state index contributed by atoms with van der Waals surface area (Å²) in [5.41, 5.74) is 0.904. The Morgan fingerprint density at radius 2 is 1.98 bits per heavy atom. The van der Waals surface area contributed by atoms with Crippen molar-refractivity contribution in [2.45, 2.75) is 6.04 Å². The van der Waals surface area contributed by atoms with Gasteiger partial charge in [-0.2, -0.15) is 0 Å². The zero-order valence-electron chi connectivity index (χ0n) is 22.8. The van der Waals surface area contributed by atoms with E-state index in [1.165, 1.54) is 42.7 Å². The minimum Gasteiger partial charge on any atom is -0.507 e. The number of carboxylic acids is 2. The molecule has 1 unspecified atom stereocenters. The number of halogens is 2. The lowest BCUT2D eigenvalue weighted by Gasteiger charge is -2.34. The van der Waals surface area contributed by atoms with Crippen molar-refractivity contribution in [2.75, 3.05) is 40.0 Å². The number of aliphatic carboxylic acids is 1. The second-order valence-electron chi connectivity index (χ2n) is 8.74. The van der Waals surface area contributed by atoms with Gasteiger partial charge in [-0.05, 0) is 30.3 Å². The van der Waals surface area contributed by atoms with Gasteiger partial charge in [0.15, 0.2) is 10.8 Å². The number of benzene rings is 2. The van der Waals surface area contributed by atoms with Gasteiger partial charge in [0.2, 0.25) is 0 Å². The molecule has 4 N–H and O–H groups in total. The summed E-state index contributed by atoms with van der Waals surface area (Å²) in [5, 5.41) is 32.8. The molecule has 12 nitrogen and oxygen atoms in total. The Morgan fingerprint density at radius 1 is 1.21 bits per heavy atom. The van der Waals surface area contributed by atoms with Crippen molar-refractivity contribution < 1.29 is 43.6 Å². The quantitative estimate of drug-likeness (QED) is 0.293. The number of carbonyl (C=O) groups is 3. The summed E-state index contributed by atoms with van der Waals surface area (Å²) in [6, 6.07) is 10.9. The molecule has 3 heterocycles. The zero-order valence-corrected chi connectivity index (χ0v) is 24.3. The van der Waals surface area contributed by atoms with Crippen LogP contribution in [0, 0.1) is 5.82 Å². The highest BCUT2D eigenvalue weighted by Gasteiger charge is 2.32. The number of thiazole rings is 1. The van der Waals surface area contributed by atoms with Crippen LogP contribution in [-0.4, -0.2) is 94.9 Å². The van der Waals surface area contributed by atoms with Gasteiger partial charge in [0.05, 0.1) is 32.4 Å². The van der Waals surface area contributed by atoms with Crippen LogP contribution in [-0.2, 0) is 19.1 Å². The predicted octanol–water partition coefficient (Wildman–Crippen LogP) is 3.27. The molecule has 2 aliphatic heterocycles. The summed E-state index contributed by atoms with van der Waals surface area (Å²) >= 11 is 6.83. The van der Waals surface area contributed by atoms with E-state index in [1.54, 1.807) is 35.4 Å². The number of hydrogen-bond donors (Lipinski definition) is 4. The summed E-state index contributed by atoms with van der Waals surface area (Å²) in [6.07, 6.45) is 1.67. The minimum atomic E-state index is -1.11. The van der Waals surface area contributed by atoms with E-state index in [0.717, 1.165) is 0 Å². The number of hydrogen-bond acceptors (Lipinski definition) is 11. The van der Waals surface area contributed by atoms with Crippen LogP contribution >= 0.6 is 22.9 Å². The number of carboxylic acid groups (broad SMARTS) is 2. The number of carbonyl (C=O) groups excluding carboxylic acids is 1. The molecule has 228 valence electrons. The molecular formula is C28H28ClFN4O8S. The SMILES string of the molecule is COC(=O)C1=C(CN2CCOCC2C(=O)O)NC(c2nccs2)=NC1.Fc1cccc(Cl)c1.O=C(O)c1ccccc1O. The third-order valence-corrected chi connectivity index (χ3v) is 6.92. The maximum Gasteiger partial charge on any atom is 0.339 e. The van der Waals surface area contributed by atoms with E-state index in [1.807, 2.05) is 5.38 Å². The maximum atomic E-state index is 12.1. The average Bonchev–Trinajstić information content (AvgIpc) is 3.53. The number of para-hydroxylation sites is 1. The van der Waals surface area contributed by atoms with Crippen LogP contribution in [0.3, 0.4) is 0 Å². The lowest BCUT2D eigenvalue weighted by molar-refractivity contribution is -0.149. The van der Waals surface area contributed by atoms with Gasteiger partial charge in [-0.1, -0.05) is 29.8 Å². The van der Waals surface area contributed by atoms with E-state index in [-0.39, 0.29) is 36.8 Å². The van der Waals surface area contributed by atoms with E-state index in [0.29, 0.717) is 40.3 Å². The van der Waals surface area contributed by atoms with Gasteiger partial charge in [-0.3, -0.25) is 14.7 Å². The molecule has 2 aromatic carbocycles. The van der Waals surface area contributed by atoms with Crippen LogP contribution in [0.2, 0.25) is 5.02 Å². The first-order valence-corrected chi connectivity index (χ1v) is 13.8. The largest absolute Gasteiger partial charge is 0.507 e. The standard InChI is InChI=1S/C15H18N4O5S.C7H6O3.C6H4ClF/c1-23-15(22)9-6-17-12(13-16-2-5-25-13)18-10(9)7-19-3-4-24-8-11(19)14(20)21;8-6-4-2-1-3-5(6)7(9)10;7-5-2-1-3-6(8)4-5/h2,5,11H,3-4,6-8H2,1H3,(H,17,18)(H,20,21);1-4,8H,(H,9,10);1-4H. The Bertz CT molecular complexity index is 1470. The molecule has 0 radical (unpaired) electrons. The monoisotopic (exact) mass is 634 g/mol. The number of esters is 1. The number of methoxy groups -OCH3 is 1. The fourth-order valence-corrected chi connectivity index (χ4v) is 4.57. The van der Waals surface area contributed by atoms with Crippen molar-refractivity contribution in [3.8, 4) is 5.75 Å². The van der Waals surface area contributed by atoms with Crippen LogP contribution in [0.4, 0.5) is 4.39 Å². The normalized spacial score (nSPS) is 16.3. The van der Waals surface area contributed by atoms with Crippen molar-refractivity contribution in [1.82, 2.24) is 15.2 Å². The van der Waals surface area contributed by atoms with Gasteiger partial charge in [0.25, 0.3) is 0 Å². The molecular weight excluding hydrogens is 607 g/mol. The molecule has 1 atom stereocenters. The number of nitrogens with zero attached hydrogens (tertiary/aromatic N) is 3. The van der Waals surface area contributed by atoms with E-state index < -0.39 is 23.9 Å². The van der Waals surface area contributed by atoms with Crippen molar-refractivity contribution in [3.63, 3.8) is 0 Å². The Morgan fingerprint density at radius 3 is 2.53 bits per heavy atom. The van der Waals surface area contributed by atoms with Crippen molar-refractivity contribution >= 4 is 46.7 Å². The first-order valence-electron chi connectivity index (χ1n) is 12.6. The van der Waals surface area contributed by atoms with Crippen molar-refractivity contribution in [1.29, 1.82) is 0 Å². The number of rotatable bonds is 6. The molecule has 15 heteroatoms. The second kappa shape index (κ2) is 16.3. The summed E-state index contributed by atoms with van der Waals surface area (Å²) < 4.78 is 22.2. The molecule has 1 fully saturated rings. The molecule has 0 amide bonds. The van der Waals surface area contributed by atoms with E-state index in [2.05, 4.69) is 15.3 Å². The first kappa shape index (κ1) is 33.1. The number of ether oxygens (including phenoxy) is 2. The van der Waals surface area contributed by atoms with Gasteiger partial charge >= 0.3 is 17.9 Å². The molecule has 0 aliphatic carbocycles. The number of phenols is 1. The van der Waals surface area contributed by atoms with Gasteiger partial charge in [0, 0.05) is 35.4 Å². The molecule has 1 aromatic heterocycles. The van der Waals surface area contributed by atoms with Gasteiger partial charge in [-0.15, -0.1) is 11.3 Å². The third kappa shape index (κ3) is 9.85. The molecule has 43 heavy (non-hydrogen) atoms. The second-order valence-corrected chi connectivity index (χ2v) is 10.1. The summed E-state index contributed by atoms with van der Waals surface area (Å²) in [7, 11) is 1.31. The van der Waals surface area contributed by atoms with Crippen LogP contribution in [0.1, 0.15) is 15.4 Å². The van der Waals surface area contributed by atoms with Gasteiger partial charge in [0.1, 0.15) is 23.2 Å². The van der Waals surface area contributed by atoms with Crippen molar-refractivity contribution in [2.24, 2.45) is 4.99 Å². The van der Waals surface area contributed by atoms with Crippen molar-refractivity contribution in [3.05, 3.63) is 92.8 Å². The number of nitrogens with one attached hydrogen (secondary N) is 1. The molecule has 5 rings (SSSR count).